The molecule has 1 aromatic heterocycles. The minimum absolute atomic E-state index is 0.189. The number of aromatic nitrogens is 2. The Balaban J connectivity index is 1.59. The van der Waals surface area contributed by atoms with E-state index in [4.69, 9.17) is 14.2 Å². The SMILES string of the molecule is CC(=O)OC(C)(C)C(=O)Nc1cnn(C[C@@H]2COc3ccccc3O2)c1. The van der Waals surface area contributed by atoms with Crippen molar-refractivity contribution in [2.45, 2.75) is 39.0 Å². The van der Waals surface area contributed by atoms with Gasteiger partial charge >= 0.3 is 5.97 Å². The highest BCUT2D eigenvalue weighted by Gasteiger charge is 2.31. The Morgan fingerprint density at radius 3 is 2.81 bits per heavy atom. The summed E-state index contributed by atoms with van der Waals surface area (Å²) in [5.41, 5.74) is -0.759. The molecule has 1 aliphatic heterocycles. The average molecular weight is 359 g/mol. The lowest BCUT2D eigenvalue weighted by Crippen LogP contribution is -2.41. The van der Waals surface area contributed by atoms with Crippen molar-refractivity contribution in [1.29, 1.82) is 0 Å². The van der Waals surface area contributed by atoms with Crippen LogP contribution in [0.3, 0.4) is 0 Å². The van der Waals surface area contributed by atoms with Crippen LogP contribution >= 0.6 is 0 Å². The number of ether oxygens (including phenoxy) is 3. The predicted octanol–water partition coefficient (Wildman–Crippen LogP) is 2.00. The van der Waals surface area contributed by atoms with Crippen molar-refractivity contribution in [1.82, 2.24) is 9.78 Å². The standard InChI is InChI=1S/C18H21N3O5/c1-12(22)26-18(2,3)17(23)20-13-8-19-21(9-13)10-14-11-24-15-6-4-5-7-16(15)25-14/h4-9,14H,10-11H2,1-3H3,(H,20,23)/t14-/m1/s1. The third kappa shape index (κ3) is 4.14. The van der Waals surface area contributed by atoms with Crippen molar-refractivity contribution < 1.29 is 23.8 Å². The second-order valence-electron chi connectivity index (χ2n) is 6.51. The lowest BCUT2D eigenvalue weighted by molar-refractivity contribution is -0.160. The molecule has 0 radical (unpaired) electrons. The number of benzene rings is 1. The lowest BCUT2D eigenvalue weighted by atomic mass is 10.1. The number of esters is 1. The van der Waals surface area contributed by atoms with E-state index in [-0.39, 0.29) is 6.10 Å². The topological polar surface area (TPSA) is 91.7 Å². The molecular weight excluding hydrogens is 338 g/mol. The molecule has 0 bridgehead atoms. The van der Waals surface area contributed by atoms with E-state index >= 15 is 0 Å². The highest BCUT2D eigenvalue weighted by molar-refractivity contribution is 5.97. The smallest absolute Gasteiger partial charge is 0.303 e. The van der Waals surface area contributed by atoms with Crippen LogP contribution in [0.4, 0.5) is 5.69 Å². The first-order valence-corrected chi connectivity index (χ1v) is 8.25. The zero-order valence-corrected chi connectivity index (χ0v) is 14.9. The molecule has 2 aromatic rings. The molecule has 8 heteroatoms. The van der Waals surface area contributed by atoms with Gasteiger partial charge in [-0.05, 0) is 26.0 Å². The van der Waals surface area contributed by atoms with Crippen molar-refractivity contribution in [3.8, 4) is 11.5 Å². The van der Waals surface area contributed by atoms with E-state index < -0.39 is 17.5 Å². The lowest BCUT2D eigenvalue weighted by Gasteiger charge is -2.26. The Labute approximate surface area is 151 Å². The molecular formula is C18H21N3O5. The highest BCUT2D eigenvalue weighted by atomic mass is 16.6. The van der Waals surface area contributed by atoms with Gasteiger partial charge in [0, 0.05) is 13.1 Å². The van der Waals surface area contributed by atoms with Gasteiger partial charge in [0.2, 0.25) is 0 Å². The summed E-state index contributed by atoms with van der Waals surface area (Å²) in [4.78, 5) is 23.3. The van der Waals surface area contributed by atoms with E-state index in [0.717, 1.165) is 5.75 Å². The number of anilines is 1. The Morgan fingerprint density at radius 1 is 1.35 bits per heavy atom. The average Bonchev–Trinajstić information content (AvgIpc) is 3.00. The van der Waals surface area contributed by atoms with Gasteiger partial charge in [0.15, 0.2) is 23.2 Å². The van der Waals surface area contributed by atoms with E-state index in [1.54, 1.807) is 10.9 Å². The fourth-order valence-corrected chi connectivity index (χ4v) is 2.58. The van der Waals surface area contributed by atoms with Crippen LogP contribution in [-0.2, 0) is 20.9 Å². The van der Waals surface area contributed by atoms with Crippen molar-refractivity contribution in [3.63, 3.8) is 0 Å². The summed E-state index contributed by atoms with van der Waals surface area (Å²) in [6, 6.07) is 7.49. The monoisotopic (exact) mass is 359 g/mol. The maximum atomic E-state index is 12.2. The molecule has 26 heavy (non-hydrogen) atoms. The van der Waals surface area contributed by atoms with Crippen LogP contribution in [0.2, 0.25) is 0 Å². The molecule has 0 fully saturated rings. The first-order chi connectivity index (χ1) is 12.3. The second kappa shape index (κ2) is 7.07. The summed E-state index contributed by atoms with van der Waals surface area (Å²) < 4.78 is 18.3. The van der Waals surface area contributed by atoms with E-state index in [1.165, 1.54) is 27.0 Å². The van der Waals surface area contributed by atoms with Crippen LogP contribution < -0.4 is 14.8 Å². The maximum Gasteiger partial charge on any atom is 0.303 e. The molecule has 1 atom stereocenters. The number of para-hydroxylation sites is 2. The third-order valence-electron chi connectivity index (χ3n) is 3.80. The van der Waals surface area contributed by atoms with Crippen LogP contribution in [0, 0.1) is 0 Å². The van der Waals surface area contributed by atoms with E-state index in [1.807, 2.05) is 24.3 Å². The molecule has 1 N–H and O–H groups in total. The summed E-state index contributed by atoms with van der Waals surface area (Å²) in [7, 11) is 0. The quantitative estimate of drug-likeness (QED) is 0.821. The first-order valence-electron chi connectivity index (χ1n) is 8.25. The van der Waals surface area contributed by atoms with Gasteiger partial charge in [-0.1, -0.05) is 12.1 Å². The van der Waals surface area contributed by atoms with E-state index in [0.29, 0.717) is 24.6 Å². The predicted molar refractivity (Wildman–Crippen MR) is 93.1 cm³/mol. The number of fused-ring (bicyclic) bond motifs is 1. The number of rotatable bonds is 5. The summed E-state index contributed by atoms with van der Waals surface area (Å²) in [5, 5.41) is 6.91. The van der Waals surface area contributed by atoms with Gasteiger partial charge in [0.05, 0.1) is 18.4 Å². The Kier molecular flexibility index (Phi) is 4.83. The van der Waals surface area contributed by atoms with Crippen LogP contribution in [0.25, 0.3) is 0 Å². The van der Waals surface area contributed by atoms with Crippen molar-refractivity contribution in [2.24, 2.45) is 0 Å². The van der Waals surface area contributed by atoms with Crippen LogP contribution in [-0.4, -0.2) is 40.0 Å². The van der Waals surface area contributed by atoms with E-state index in [9.17, 15) is 9.59 Å². The fourth-order valence-electron chi connectivity index (χ4n) is 2.58. The second-order valence-corrected chi connectivity index (χ2v) is 6.51. The minimum atomic E-state index is -1.27. The number of nitrogens with zero attached hydrogens (tertiary/aromatic N) is 2. The highest BCUT2D eigenvalue weighted by Crippen LogP contribution is 2.31. The van der Waals surface area contributed by atoms with Gasteiger partial charge in [0.25, 0.3) is 5.91 Å². The van der Waals surface area contributed by atoms with Gasteiger partial charge in [-0.25, -0.2) is 0 Å². The van der Waals surface area contributed by atoms with Gasteiger partial charge < -0.3 is 19.5 Å². The molecule has 1 amide bonds. The number of carbonyl (C=O) groups is 2. The molecule has 1 aliphatic rings. The summed E-state index contributed by atoms with van der Waals surface area (Å²) in [6.07, 6.45) is 3.02. The number of hydrogen-bond acceptors (Lipinski definition) is 6. The molecule has 2 heterocycles. The van der Waals surface area contributed by atoms with Crippen LogP contribution in [0.1, 0.15) is 20.8 Å². The molecule has 138 valence electrons. The normalized spacial score (nSPS) is 16.0. The molecule has 0 saturated heterocycles. The van der Waals surface area contributed by atoms with Gasteiger partial charge in [-0.3, -0.25) is 14.3 Å². The van der Waals surface area contributed by atoms with Crippen LogP contribution in [0.15, 0.2) is 36.7 Å². The molecule has 8 nitrogen and oxygen atoms in total. The zero-order chi connectivity index (χ0) is 18.7. The van der Waals surface area contributed by atoms with Crippen molar-refractivity contribution in [2.75, 3.05) is 11.9 Å². The molecule has 0 aliphatic carbocycles. The van der Waals surface area contributed by atoms with Crippen molar-refractivity contribution >= 4 is 17.6 Å². The zero-order valence-electron chi connectivity index (χ0n) is 14.9. The molecule has 0 unspecified atom stereocenters. The maximum absolute atomic E-state index is 12.2. The Hall–Kier alpha value is -3.03. The van der Waals surface area contributed by atoms with Gasteiger partial charge in [0.1, 0.15) is 6.61 Å². The number of hydrogen-bond donors (Lipinski definition) is 1. The number of nitrogens with one attached hydrogen (secondary N) is 1. The first kappa shape index (κ1) is 17.8. The number of amides is 1. The minimum Gasteiger partial charge on any atom is -0.486 e. The van der Waals surface area contributed by atoms with E-state index in [2.05, 4.69) is 10.4 Å². The Morgan fingerprint density at radius 2 is 2.08 bits per heavy atom. The summed E-state index contributed by atoms with van der Waals surface area (Å²) >= 11 is 0. The largest absolute Gasteiger partial charge is 0.486 e. The van der Waals surface area contributed by atoms with Crippen LogP contribution in [0.5, 0.6) is 11.5 Å². The van der Waals surface area contributed by atoms with Crippen molar-refractivity contribution in [3.05, 3.63) is 36.7 Å². The Bertz CT molecular complexity index is 815. The summed E-state index contributed by atoms with van der Waals surface area (Å²) in [5.74, 6) is 0.478. The molecule has 0 saturated carbocycles. The fraction of sp³-hybridized carbons (Fsp3) is 0.389. The van der Waals surface area contributed by atoms with Gasteiger partial charge in [-0.15, -0.1) is 0 Å². The number of carbonyl (C=O) groups excluding carboxylic acids is 2. The third-order valence-corrected chi connectivity index (χ3v) is 3.80. The van der Waals surface area contributed by atoms with Gasteiger partial charge in [-0.2, -0.15) is 5.10 Å². The molecule has 3 rings (SSSR count). The molecule has 0 spiro atoms. The summed E-state index contributed by atoms with van der Waals surface area (Å²) in [6.45, 7) is 5.20. The molecule has 1 aromatic carbocycles.